The number of ether oxygens (including phenoxy) is 1. The van der Waals surface area contributed by atoms with E-state index in [4.69, 9.17) is 4.74 Å². The minimum absolute atomic E-state index is 0.165. The summed E-state index contributed by atoms with van der Waals surface area (Å²) in [6.07, 6.45) is 3.84. The van der Waals surface area contributed by atoms with E-state index in [2.05, 4.69) is 5.32 Å². The minimum atomic E-state index is -3.54. The second kappa shape index (κ2) is 11.2. The van der Waals surface area contributed by atoms with E-state index in [1.165, 1.54) is 10.4 Å². The summed E-state index contributed by atoms with van der Waals surface area (Å²) in [6, 6.07) is 26.3. The lowest BCUT2D eigenvalue weighted by Gasteiger charge is -2.26. The van der Waals surface area contributed by atoms with Crippen LogP contribution in [0.3, 0.4) is 0 Å². The normalized spacial score (nSPS) is 15.8. The van der Waals surface area contributed by atoms with Crippen molar-refractivity contribution in [2.45, 2.75) is 17.4 Å². The van der Waals surface area contributed by atoms with Gasteiger partial charge in [0.1, 0.15) is 0 Å². The lowest BCUT2D eigenvalue weighted by Crippen LogP contribution is -2.40. The Labute approximate surface area is 200 Å². The highest BCUT2D eigenvalue weighted by Gasteiger charge is 2.26. The smallest absolute Gasteiger partial charge is 0.244 e. The van der Waals surface area contributed by atoms with Gasteiger partial charge in [-0.15, -0.1) is 0 Å². The first-order chi connectivity index (χ1) is 16.5. The zero-order chi connectivity index (χ0) is 23.8. The van der Waals surface area contributed by atoms with Gasteiger partial charge in [-0.25, -0.2) is 8.42 Å². The number of nitrogens with one attached hydrogen (secondary N) is 1. The third kappa shape index (κ3) is 6.20. The van der Waals surface area contributed by atoms with Crippen LogP contribution >= 0.6 is 0 Å². The molecule has 0 aromatic heterocycles. The van der Waals surface area contributed by atoms with Crippen LogP contribution in [-0.4, -0.2) is 44.9 Å². The molecular formula is C27H28N2O4S. The third-order valence-corrected chi connectivity index (χ3v) is 7.63. The number of sulfonamides is 1. The van der Waals surface area contributed by atoms with Crippen molar-refractivity contribution in [3.8, 4) is 0 Å². The fourth-order valence-corrected chi connectivity index (χ4v) is 5.27. The summed E-state index contributed by atoms with van der Waals surface area (Å²) >= 11 is 0. The van der Waals surface area contributed by atoms with Gasteiger partial charge in [0.15, 0.2) is 0 Å². The molecular weight excluding hydrogens is 448 g/mol. The van der Waals surface area contributed by atoms with Crippen LogP contribution in [0.25, 0.3) is 6.08 Å². The monoisotopic (exact) mass is 476 g/mol. The second-order valence-corrected chi connectivity index (χ2v) is 10.0. The maximum atomic E-state index is 12.8. The van der Waals surface area contributed by atoms with Crippen LogP contribution in [-0.2, 0) is 26.0 Å². The average Bonchev–Trinajstić information content (AvgIpc) is 2.89. The molecule has 0 saturated carbocycles. The molecule has 4 rings (SSSR count). The molecule has 1 unspecified atom stereocenters. The Morgan fingerprint density at radius 3 is 2.18 bits per heavy atom. The van der Waals surface area contributed by atoms with E-state index in [1.54, 1.807) is 30.3 Å². The molecule has 7 heteroatoms. The first-order valence-electron chi connectivity index (χ1n) is 11.3. The highest BCUT2D eigenvalue weighted by Crippen LogP contribution is 2.20. The zero-order valence-electron chi connectivity index (χ0n) is 18.8. The SMILES string of the molecule is O=C(/C=C/c1ccc(S(=O)(=O)N2CCOCC2)cc1)NC(Cc1ccccc1)c1ccccc1. The van der Waals surface area contributed by atoms with Crippen molar-refractivity contribution in [1.29, 1.82) is 0 Å². The third-order valence-electron chi connectivity index (χ3n) is 5.72. The first kappa shape index (κ1) is 23.9. The number of carbonyl (C=O) groups excluding carboxylic acids is 1. The van der Waals surface area contributed by atoms with Crippen molar-refractivity contribution in [2.24, 2.45) is 0 Å². The molecule has 1 amide bonds. The molecule has 1 saturated heterocycles. The molecule has 0 radical (unpaired) electrons. The largest absolute Gasteiger partial charge is 0.379 e. The number of rotatable bonds is 8. The topological polar surface area (TPSA) is 75.7 Å². The molecule has 1 N–H and O–H groups in total. The minimum Gasteiger partial charge on any atom is -0.379 e. The molecule has 0 aliphatic carbocycles. The van der Waals surface area contributed by atoms with E-state index in [-0.39, 0.29) is 16.8 Å². The van der Waals surface area contributed by atoms with Crippen molar-refractivity contribution in [2.75, 3.05) is 26.3 Å². The number of morpholine rings is 1. The molecule has 176 valence electrons. The van der Waals surface area contributed by atoms with Gasteiger partial charge in [0.2, 0.25) is 15.9 Å². The number of amides is 1. The van der Waals surface area contributed by atoms with Crippen molar-refractivity contribution in [1.82, 2.24) is 9.62 Å². The van der Waals surface area contributed by atoms with Crippen molar-refractivity contribution < 1.29 is 17.9 Å². The molecule has 1 aliphatic rings. The molecule has 0 bridgehead atoms. The van der Waals surface area contributed by atoms with Crippen LogP contribution in [0, 0.1) is 0 Å². The standard InChI is InChI=1S/C27H28N2O4S/c30-27(28-26(24-9-5-2-6-10-24)21-23-7-3-1-4-8-23)16-13-22-11-14-25(15-12-22)34(31,32)29-17-19-33-20-18-29/h1-16,26H,17-21H2,(H,28,30)/b16-13+. The van der Waals surface area contributed by atoms with Gasteiger partial charge in [-0.3, -0.25) is 4.79 Å². The van der Waals surface area contributed by atoms with E-state index in [9.17, 15) is 13.2 Å². The maximum absolute atomic E-state index is 12.8. The highest BCUT2D eigenvalue weighted by atomic mass is 32.2. The number of hydrogen-bond donors (Lipinski definition) is 1. The van der Waals surface area contributed by atoms with E-state index in [1.807, 2.05) is 60.7 Å². The summed E-state index contributed by atoms with van der Waals surface area (Å²) < 4.78 is 32.2. The molecule has 1 aliphatic heterocycles. The molecule has 1 heterocycles. The van der Waals surface area contributed by atoms with Crippen LogP contribution in [0.5, 0.6) is 0 Å². The van der Waals surface area contributed by atoms with Gasteiger partial charge in [-0.05, 0) is 41.3 Å². The summed E-state index contributed by atoms with van der Waals surface area (Å²) in [4.78, 5) is 12.9. The van der Waals surface area contributed by atoms with Gasteiger partial charge in [0.25, 0.3) is 0 Å². The van der Waals surface area contributed by atoms with E-state index >= 15 is 0 Å². The van der Waals surface area contributed by atoms with E-state index in [0.717, 1.165) is 16.7 Å². The van der Waals surface area contributed by atoms with E-state index in [0.29, 0.717) is 32.7 Å². The Balaban J connectivity index is 1.42. The van der Waals surface area contributed by atoms with Crippen molar-refractivity contribution in [3.63, 3.8) is 0 Å². The predicted octanol–water partition coefficient (Wildman–Crippen LogP) is 3.82. The van der Waals surface area contributed by atoms with Gasteiger partial charge in [-0.1, -0.05) is 72.8 Å². The molecule has 34 heavy (non-hydrogen) atoms. The lowest BCUT2D eigenvalue weighted by atomic mass is 9.99. The second-order valence-electron chi connectivity index (χ2n) is 8.08. The van der Waals surface area contributed by atoms with Crippen molar-refractivity contribution in [3.05, 3.63) is 108 Å². The van der Waals surface area contributed by atoms with Crippen LogP contribution in [0.4, 0.5) is 0 Å². The fraction of sp³-hybridized carbons (Fsp3) is 0.222. The number of nitrogens with zero attached hydrogens (tertiary/aromatic N) is 1. The lowest BCUT2D eigenvalue weighted by molar-refractivity contribution is -0.117. The Morgan fingerprint density at radius 1 is 0.912 bits per heavy atom. The Morgan fingerprint density at radius 2 is 1.53 bits per heavy atom. The fourth-order valence-electron chi connectivity index (χ4n) is 3.87. The van der Waals surface area contributed by atoms with E-state index < -0.39 is 10.0 Å². The highest BCUT2D eigenvalue weighted by molar-refractivity contribution is 7.89. The molecule has 1 fully saturated rings. The predicted molar refractivity (Wildman–Crippen MR) is 133 cm³/mol. The van der Waals surface area contributed by atoms with Crippen LogP contribution in [0.1, 0.15) is 22.7 Å². The number of hydrogen-bond acceptors (Lipinski definition) is 4. The molecule has 3 aromatic carbocycles. The zero-order valence-corrected chi connectivity index (χ0v) is 19.7. The Hall–Kier alpha value is -3.26. The summed E-state index contributed by atoms with van der Waals surface area (Å²) in [7, 11) is -3.54. The van der Waals surface area contributed by atoms with Gasteiger partial charge in [0, 0.05) is 19.2 Å². The summed E-state index contributed by atoms with van der Waals surface area (Å²) in [6.45, 7) is 1.53. The van der Waals surface area contributed by atoms with Crippen LogP contribution in [0.2, 0.25) is 0 Å². The Kier molecular flexibility index (Phi) is 7.90. The van der Waals surface area contributed by atoms with Gasteiger partial charge >= 0.3 is 0 Å². The average molecular weight is 477 g/mol. The number of benzene rings is 3. The van der Waals surface area contributed by atoms with Gasteiger partial charge in [0.05, 0.1) is 24.2 Å². The van der Waals surface area contributed by atoms with Crippen LogP contribution in [0.15, 0.2) is 95.9 Å². The van der Waals surface area contributed by atoms with Gasteiger partial charge < -0.3 is 10.1 Å². The summed E-state index contributed by atoms with van der Waals surface area (Å²) in [5.74, 6) is -0.213. The first-order valence-corrected chi connectivity index (χ1v) is 12.7. The Bertz CT molecular complexity index is 1200. The molecule has 6 nitrogen and oxygen atoms in total. The van der Waals surface area contributed by atoms with Gasteiger partial charge in [-0.2, -0.15) is 4.31 Å². The summed E-state index contributed by atoms with van der Waals surface area (Å²) in [5, 5.41) is 3.09. The quantitative estimate of drug-likeness (QED) is 0.502. The number of carbonyl (C=O) groups is 1. The molecule has 0 spiro atoms. The maximum Gasteiger partial charge on any atom is 0.244 e. The molecule has 3 aromatic rings. The summed E-state index contributed by atoms with van der Waals surface area (Å²) in [5.41, 5.74) is 2.92. The molecule has 1 atom stereocenters. The van der Waals surface area contributed by atoms with Crippen molar-refractivity contribution >= 4 is 22.0 Å². The van der Waals surface area contributed by atoms with Crippen LogP contribution < -0.4 is 5.32 Å².